The molecule has 1 amide bonds. The zero-order valence-electron chi connectivity index (χ0n) is 18.6. The van der Waals surface area contributed by atoms with Gasteiger partial charge < -0.3 is 19.1 Å². The van der Waals surface area contributed by atoms with Gasteiger partial charge in [0.15, 0.2) is 0 Å². The first kappa shape index (κ1) is 21.4. The fraction of sp³-hybridized carbons (Fsp3) is 0.542. The third kappa shape index (κ3) is 5.02. The number of carbonyl (C=O) groups is 1. The molecule has 1 fully saturated rings. The average Bonchev–Trinajstić information content (AvgIpc) is 2.99. The fourth-order valence-corrected chi connectivity index (χ4v) is 4.44. The monoisotopic (exact) mass is 397 g/mol. The third-order valence-corrected chi connectivity index (χ3v) is 6.38. The minimum Gasteiger partial charge on any atom is -0.496 e. The van der Waals surface area contributed by atoms with Crippen LogP contribution in [0.4, 0.5) is 0 Å². The summed E-state index contributed by atoms with van der Waals surface area (Å²) in [4.78, 5) is 17.4. The van der Waals surface area contributed by atoms with Crippen molar-refractivity contribution in [2.45, 2.75) is 33.1 Å². The van der Waals surface area contributed by atoms with Crippen molar-refractivity contribution in [1.82, 2.24) is 14.4 Å². The number of nitrogens with zero attached hydrogens (tertiary/aromatic N) is 3. The van der Waals surface area contributed by atoms with Gasteiger partial charge in [0.1, 0.15) is 5.75 Å². The highest BCUT2D eigenvalue weighted by Crippen LogP contribution is 2.22. The lowest BCUT2D eigenvalue weighted by Crippen LogP contribution is -2.42. The van der Waals surface area contributed by atoms with E-state index in [1.807, 2.05) is 51.0 Å². The van der Waals surface area contributed by atoms with Crippen LogP contribution in [-0.2, 0) is 13.5 Å². The van der Waals surface area contributed by atoms with Crippen LogP contribution in [0, 0.1) is 19.8 Å². The molecule has 158 valence electrons. The van der Waals surface area contributed by atoms with E-state index in [-0.39, 0.29) is 5.91 Å². The topological polar surface area (TPSA) is 37.7 Å². The molecule has 1 atom stereocenters. The van der Waals surface area contributed by atoms with E-state index in [2.05, 4.69) is 21.6 Å². The molecule has 2 aromatic rings. The van der Waals surface area contributed by atoms with Crippen molar-refractivity contribution in [2.75, 3.05) is 40.3 Å². The number of benzene rings is 1. The van der Waals surface area contributed by atoms with Crippen molar-refractivity contribution in [3.8, 4) is 5.75 Å². The predicted molar refractivity (Wildman–Crippen MR) is 118 cm³/mol. The summed E-state index contributed by atoms with van der Waals surface area (Å²) in [6.45, 7) is 8.11. The number of aromatic nitrogens is 1. The Labute approximate surface area is 175 Å². The highest BCUT2D eigenvalue weighted by molar-refractivity contribution is 5.95. The van der Waals surface area contributed by atoms with Crippen LogP contribution >= 0.6 is 0 Å². The van der Waals surface area contributed by atoms with E-state index in [1.165, 1.54) is 18.4 Å². The standard InChI is InChI=1S/C24H35N3O2/c1-18-15-22(19(2)26(18)4)24(28)25(3)16-20-9-8-13-27(17-20)14-12-21-10-6-7-11-23(21)29-5/h6-7,10-11,15,20H,8-9,12-14,16-17H2,1-5H3. The van der Waals surface area contributed by atoms with Gasteiger partial charge in [0.05, 0.1) is 12.7 Å². The second kappa shape index (κ2) is 9.49. The molecule has 5 nitrogen and oxygen atoms in total. The molecule has 0 N–H and O–H groups in total. The van der Waals surface area contributed by atoms with Crippen molar-refractivity contribution in [2.24, 2.45) is 13.0 Å². The van der Waals surface area contributed by atoms with E-state index in [4.69, 9.17) is 4.74 Å². The van der Waals surface area contributed by atoms with Crippen LogP contribution < -0.4 is 4.74 Å². The van der Waals surface area contributed by atoms with E-state index in [9.17, 15) is 4.79 Å². The van der Waals surface area contributed by atoms with Gasteiger partial charge in [-0.15, -0.1) is 0 Å². The molecule has 29 heavy (non-hydrogen) atoms. The van der Waals surface area contributed by atoms with Crippen molar-refractivity contribution in [3.63, 3.8) is 0 Å². The van der Waals surface area contributed by atoms with Gasteiger partial charge in [0, 0.05) is 45.1 Å². The van der Waals surface area contributed by atoms with E-state index >= 15 is 0 Å². The first-order valence-electron chi connectivity index (χ1n) is 10.6. The maximum atomic E-state index is 13.0. The number of methoxy groups -OCH3 is 1. The predicted octanol–water partition coefficient (Wildman–Crippen LogP) is 3.68. The van der Waals surface area contributed by atoms with Crippen molar-refractivity contribution in [3.05, 3.63) is 52.8 Å². The molecule has 1 unspecified atom stereocenters. The van der Waals surface area contributed by atoms with Gasteiger partial charge in [-0.1, -0.05) is 18.2 Å². The molecule has 0 bridgehead atoms. The Kier molecular flexibility index (Phi) is 7.01. The van der Waals surface area contributed by atoms with Crippen LogP contribution in [0.2, 0.25) is 0 Å². The molecule has 1 aromatic heterocycles. The van der Waals surface area contributed by atoms with Gasteiger partial charge in [-0.05, 0) is 63.3 Å². The van der Waals surface area contributed by atoms with E-state index in [0.29, 0.717) is 5.92 Å². The molecule has 5 heteroatoms. The largest absolute Gasteiger partial charge is 0.496 e. The number of piperidine rings is 1. The second-order valence-corrected chi connectivity index (χ2v) is 8.40. The van der Waals surface area contributed by atoms with E-state index in [0.717, 1.165) is 55.3 Å². The molecule has 1 saturated heterocycles. The van der Waals surface area contributed by atoms with Gasteiger partial charge in [0.25, 0.3) is 5.91 Å². The second-order valence-electron chi connectivity index (χ2n) is 8.40. The molecule has 3 rings (SSSR count). The molecular weight excluding hydrogens is 362 g/mol. The zero-order chi connectivity index (χ0) is 21.0. The molecule has 1 aliphatic rings. The van der Waals surface area contributed by atoms with Crippen molar-refractivity contribution >= 4 is 5.91 Å². The molecule has 1 aromatic carbocycles. The number of ether oxygens (including phenoxy) is 1. The van der Waals surface area contributed by atoms with Gasteiger partial charge in [-0.2, -0.15) is 0 Å². The van der Waals surface area contributed by atoms with Crippen LogP contribution in [0.5, 0.6) is 5.75 Å². The van der Waals surface area contributed by atoms with E-state index < -0.39 is 0 Å². The van der Waals surface area contributed by atoms with Crippen LogP contribution in [0.1, 0.15) is 40.2 Å². The first-order valence-corrected chi connectivity index (χ1v) is 10.6. The van der Waals surface area contributed by atoms with Gasteiger partial charge >= 0.3 is 0 Å². The summed E-state index contributed by atoms with van der Waals surface area (Å²) in [5.41, 5.74) is 4.26. The molecular formula is C24H35N3O2. The lowest BCUT2D eigenvalue weighted by Gasteiger charge is -2.34. The van der Waals surface area contributed by atoms with Crippen LogP contribution in [-0.4, -0.2) is 60.6 Å². The molecule has 0 aliphatic carbocycles. The molecule has 0 spiro atoms. The summed E-state index contributed by atoms with van der Waals surface area (Å²) in [6.07, 6.45) is 3.38. The zero-order valence-corrected chi connectivity index (χ0v) is 18.6. The Morgan fingerprint density at radius 2 is 2.03 bits per heavy atom. The van der Waals surface area contributed by atoms with Crippen LogP contribution in [0.3, 0.4) is 0 Å². The number of likely N-dealkylation sites (tertiary alicyclic amines) is 1. The minimum atomic E-state index is 0.136. The maximum absolute atomic E-state index is 13.0. The Morgan fingerprint density at radius 3 is 2.72 bits per heavy atom. The normalized spacial score (nSPS) is 17.3. The number of carbonyl (C=O) groups excluding carboxylic acids is 1. The van der Waals surface area contributed by atoms with E-state index in [1.54, 1.807) is 7.11 Å². The Morgan fingerprint density at radius 1 is 1.28 bits per heavy atom. The summed E-state index contributed by atoms with van der Waals surface area (Å²) in [5.74, 6) is 1.64. The van der Waals surface area contributed by atoms with Crippen molar-refractivity contribution in [1.29, 1.82) is 0 Å². The van der Waals surface area contributed by atoms with Gasteiger partial charge in [0.2, 0.25) is 0 Å². The Hall–Kier alpha value is -2.27. The maximum Gasteiger partial charge on any atom is 0.255 e. The summed E-state index contributed by atoms with van der Waals surface area (Å²) < 4.78 is 7.57. The SMILES string of the molecule is COc1ccccc1CCN1CCCC(CN(C)C(=O)c2cc(C)n(C)c2C)C1. The van der Waals surface area contributed by atoms with Crippen molar-refractivity contribution < 1.29 is 9.53 Å². The highest BCUT2D eigenvalue weighted by atomic mass is 16.5. The fourth-order valence-electron chi connectivity index (χ4n) is 4.44. The smallest absolute Gasteiger partial charge is 0.255 e. The number of para-hydroxylation sites is 1. The molecule has 0 radical (unpaired) electrons. The first-order chi connectivity index (χ1) is 13.9. The van der Waals surface area contributed by atoms with Crippen LogP contribution in [0.25, 0.3) is 0 Å². The molecule has 1 aliphatic heterocycles. The Balaban J connectivity index is 1.55. The lowest BCUT2D eigenvalue weighted by atomic mass is 9.96. The quantitative estimate of drug-likeness (QED) is 0.715. The van der Waals surface area contributed by atoms with Crippen LogP contribution in [0.15, 0.2) is 30.3 Å². The number of hydrogen-bond acceptors (Lipinski definition) is 3. The number of amides is 1. The third-order valence-electron chi connectivity index (χ3n) is 6.38. The number of aryl methyl sites for hydroxylation is 1. The molecule has 2 heterocycles. The highest BCUT2D eigenvalue weighted by Gasteiger charge is 2.24. The van der Waals surface area contributed by atoms with Gasteiger partial charge in [-0.25, -0.2) is 0 Å². The van der Waals surface area contributed by atoms with Gasteiger partial charge in [-0.3, -0.25) is 4.79 Å². The number of rotatable bonds is 7. The number of hydrogen-bond donors (Lipinski definition) is 0. The average molecular weight is 398 g/mol. The summed E-state index contributed by atoms with van der Waals surface area (Å²) >= 11 is 0. The molecule has 0 saturated carbocycles. The minimum absolute atomic E-state index is 0.136. The summed E-state index contributed by atoms with van der Waals surface area (Å²) in [6, 6.07) is 10.3. The Bertz CT molecular complexity index is 843. The summed E-state index contributed by atoms with van der Waals surface area (Å²) in [7, 11) is 5.69. The summed E-state index contributed by atoms with van der Waals surface area (Å²) in [5, 5.41) is 0. The lowest BCUT2D eigenvalue weighted by molar-refractivity contribution is 0.0729.